The largest absolute Gasteiger partial charge is 0.382 e. The summed E-state index contributed by atoms with van der Waals surface area (Å²) in [6.45, 7) is 5.74. The normalized spacial score (nSPS) is 12.0. The molecule has 0 aliphatic heterocycles. The standard InChI is InChI=1S/C22H25ClN4O2S/c1-3-29-15-7-14-24-21(28)16(2)30-22-26-25-20(17-10-12-18(23)13-11-17)27(22)19-8-5-4-6-9-19/h4-6,8-13,16H,3,7,14-15H2,1-2H3,(H,24,28). The highest BCUT2D eigenvalue weighted by atomic mass is 35.5. The Morgan fingerprint density at radius 3 is 2.60 bits per heavy atom. The number of halogens is 1. The average molecular weight is 445 g/mol. The third-order valence-corrected chi connectivity index (χ3v) is 5.67. The lowest BCUT2D eigenvalue weighted by molar-refractivity contribution is -0.120. The molecule has 0 saturated carbocycles. The van der Waals surface area contributed by atoms with Gasteiger partial charge in [-0.1, -0.05) is 41.6 Å². The van der Waals surface area contributed by atoms with Crippen LogP contribution < -0.4 is 5.32 Å². The summed E-state index contributed by atoms with van der Waals surface area (Å²) in [6.07, 6.45) is 0.790. The number of carbonyl (C=O) groups is 1. The molecule has 0 spiro atoms. The first-order chi connectivity index (χ1) is 14.6. The Morgan fingerprint density at radius 2 is 1.90 bits per heavy atom. The molecule has 0 bridgehead atoms. The molecule has 2 aromatic carbocycles. The molecule has 3 rings (SSSR count). The molecule has 0 saturated heterocycles. The molecule has 3 aromatic rings. The number of aromatic nitrogens is 3. The van der Waals surface area contributed by atoms with E-state index in [1.807, 2.05) is 73.0 Å². The summed E-state index contributed by atoms with van der Waals surface area (Å²) >= 11 is 7.42. The van der Waals surface area contributed by atoms with Crippen molar-refractivity contribution in [1.29, 1.82) is 0 Å². The zero-order valence-corrected chi connectivity index (χ0v) is 18.6. The van der Waals surface area contributed by atoms with Gasteiger partial charge in [0.2, 0.25) is 5.91 Å². The van der Waals surface area contributed by atoms with Crippen molar-refractivity contribution in [2.45, 2.75) is 30.7 Å². The highest BCUT2D eigenvalue weighted by molar-refractivity contribution is 8.00. The number of carbonyl (C=O) groups excluding carboxylic acids is 1. The number of hydrogen-bond donors (Lipinski definition) is 1. The topological polar surface area (TPSA) is 69.0 Å². The van der Waals surface area contributed by atoms with E-state index in [9.17, 15) is 4.79 Å². The fraction of sp³-hybridized carbons (Fsp3) is 0.318. The van der Waals surface area contributed by atoms with Gasteiger partial charge in [0.15, 0.2) is 11.0 Å². The smallest absolute Gasteiger partial charge is 0.233 e. The van der Waals surface area contributed by atoms with E-state index in [1.165, 1.54) is 11.8 Å². The fourth-order valence-corrected chi connectivity index (χ4v) is 3.85. The lowest BCUT2D eigenvalue weighted by atomic mass is 10.2. The zero-order valence-electron chi connectivity index (χ0n) is 17.0. The van der Waals surface area contributed by atoms with Gasteiger partial charge in [0, 0.05) is 36.0 Å². The van der Waals surface area contributed by atoms with Crippen molar-refractivity contribution in [2.24, 2.45) is 0 Å². The van der Waals surface area contributed by atoms with Crippen molar-refractivity contribution < 1.29 is 9.53 Å². The molecule has 0 fully saturated rings. The minimum absolute atomic E-state index is 0.0350. The molecule has 0 aliphatic rings. The zero-order chi connectivity index (χ0) is 21.3. The van der Waals surface area contributed by atoms with E-state index in [-0.39, 0.29) is 11.2 Å². The summed E-state index contributed by atoms with van der Waals surface area (Å²) in [6, 6.07) is 17.3. The summed E-state index contributed by atoms with van der Waals surface area (Å²) in [7, 11) is 0. The molecule has 8 heteroatoms. The maximum atomic E-state index is 12.5. The molecule has 30 heavy (non-hydrogen) atoms. The number of benzene rings is 2. The second kappa shape index (κ2) is 11.2. The molecule has 1 atom stereocenters. The summed E-state index contributed by atoms with van der Waals surface area (Å²) in [5, 5.41) is 12.7. The van der Waals surface area contributed by atoms with Gasteiger partial charge < -0.3 is 10.1 Å². The molecule has 0 radical (unpaired) electrons. The summed E-state index contributed by atoms with van der Waals surface area (Å²) in [5.74, 6) is 0.664. The van der Waals surface area contributed by atoms with Gasteiger partial charge in [-0.05, 0) is 56.7 Å². The van der Waals surface area contributed by atoms with Crippen LogP contribution in [0.25, 0.3) is 17.1 Å². The summed E-state index contributed by atoms with van der Waals surface area (Å²) in [4.78, 5) is 12.5. The second-order valence-electron chi connectivity index (χ2n) is 6.59. The number of thioether (sulfide) groups is 1. The minimum Gasteiger partial charge on any atom is -0.382 e. The van der Waals surface area contributed by atoms with Gasteiger partial charge in [0.25, 0.3) is 0 Å². The Balaban J connectivity index is 1.79. The van der Waals surface area contributed by atoms with E-state index in [4.69, 9.17) is 16.3 Å². The molecule has 0 aliphatic carbocycles. The minimum atomic E-state index is -0.318. The maximum absolute atomic E-state index is 12.5. The molecule has 1 amide bonds. The number of amides is 1. The van der Waals surface area contributed by atoms with Crippen LogP contribution in [-0.2, 0) is 9.53 Å². The Hall–Kier alpha value is -2.35. The summed E-state index contributed by atoms with van der Waals surface area (Å²) in [5.41, 5.74) is 1.83. The molecular formula is C22H25ClN4O2S. The Labute approximate surface area is 186 Å². The second-order valence-corrected chi connectivity index (χ2v) is 8.33. The molecule has 1 aromatic heterocycles. The number of rotatable bonds is 10. The lowest BCUT2D eigenvalue weighted by Gasteiger charge is -2.14. The number of nitrogens with zero attached hydrogens (tertiary/aromatic N) is 3. The van der Waals surface area contributed by atoms with Crippen LogP contribution in [0.3, 0.4) is 0 Å². The highest BCUT2D eigenvalue weighted by Crippen LogP contribution is 2.30. The molecule has 1 N–H and O–H groups in total. The fourth-order valence-electron chi connectivity index (χ4n) is 2.83. The molecule has 158 valence electrons. The van der Waals surface area contributed by atoms with Crippen LogP contribution in [0, 0.1) is 0 Å². The van der Waals surface area contributed by atoms with Crippen LogP contribution in [-0.4, -0.2) is 45.7 Å². The van der Waals surface area contributed by atoms with E-state index in [0.29, 0.717) is 35.8 Å². The number of hydrogen-bond acceptors (Lipinski definition) is 5. The van der Waals surface area contributed by atoms with Gasteiger partial charge in [0.1, 0.15) is 0 Å². The number of para-hydroxylation sites is 1. The van der Waals surface area contributed by atoms with Crippen LogP contribution in [0.15, 0.2) is 59.8 Å². The highest BCUT2D eigenvalue weighted by Gasteiger charge is 2.21. The van der Waals surface area contributed by atoms with Crippen molar-refractivity contribution in [3.05, 3.63) is 59.6 Å². The van der Waals surface area contributed by atoms with Gasteiger partial charge in [-0.25, -0.2) is 0 Å². The van der Waals surface area contributed by atoms with Crippen LogP contribution in [0.4, 0.5) is 0 Å². The van der Waals surface area contributed by atoms with Gasteiger partial charge >= 0.3 is 0 Å². The SMILES string of the molecule is CCOCCCNC(=O)C(C)Sc1nnc(-c2ccc(Cl)cc2)n1-c1ccccc1. The van der Waals surface area contributed by atoms with Crippen LogP contribution in [0.1, 0.15) is 20.3 Å². The number of nitrogens with one attached hydrogen (secondary N) is 1. The van der Waals surface area contributed by atoms with E-state index >= 15 is 0 Å². The van der Waals surface area contributed by atoms with E-state index in [1.54, 1.807) is 0 Å². The predicted octanol–water partition coefficient (Wildman–Crippen LogP) is 4.61. The van der Waals surface area contributed by atoms with Crippen molar-refractivity contribution in [3.8, 4) is 17.1 Å². The monoisotopic (exact) mass is 444 g/mol. The van der Waals surface area contributed by atoms with E-state index in [2.05, 4.69) is 15.5 Å². The maximum Gasteiger partial charge on any atom is 0.233 e. The van der Waals surface area contributed by atoms with Gasteiger partial charge in [-0.2, -0.15) is 0 Å². The summed E-state index contributed by atoms with van der Waals surface area (Å²) < 4.78 is 7.27. The quantitative estimate of drug-likeness (QED) is 0.365. The average Bonchev–Trinajstić information content (AvgIpc) is 3.18. The van der Waals surface area contributed by atoms with Crippen molar-refractivity contribution in [2.75, 3.05) is 19.8 Å². The molecule has 6 nitrogen and oxygen atoms in total. The molecule has 1 heterocycles. The first-order valence-corrected chi connectivity index (χ1v) is 11.1. The van der Waals surface area contributed by atoms with Crippen LogP contribution in [0.5, 0.6) is 0 Å². The van der Waals surface area contributed by atoms with Crippen molar-refractivity contribution >= 4 is 29.3 Å². The Morgan fingerprint density at radius 1 is 1.17 bits per heavy atom. The number of ether oxygens (including phenoxy) is 1. The molecule has 1 unspecified atom stereocenters. The lowest BCUT2D eigenvalue weighted by Crippen LogP contribution is -2.32. The molecular weight excluding hydrogens is 420 g/mol. The third kappa shape index (κ3) is 5.84. The first kappa shape index (κ1) is 22.3. The van der Waals surface area contributed by atoms with Crippen LogP contribution in [0.2, 0.25) is 5.02 Å². The Kier molecular flexibility index (Phi) is 8.30. The van der Waals surface area contributed by atoms with Gasteiger partial charge in [0.05, 0.1) is 5.25 Å². The van der Waals surface area contributed by atoms with E-state index < -0.39 is 0 Å². The third-order valence-electron chi connectivity index (χ3n) is 4.37. The van der Waals surface area contributed by atoms with Gasteiger partial charge in [-0.3, -0.25) is 9.36 Å². The van der Waals surface area contributed by atoms with E-state index in [0.717, 1.165) is 17.7 Å². The van der Waals surface area contributed by atoms with Crippen LogP contribution >= 0.6 is 23.4 Å². The van der Waals surface area contributed by atoms with Crippen molar-refractivity contribution in [1.82, 2.24) is 20.1 Å². The Bertz CT molecular complexity index is 948. The van der Waals surface area contributed by atoms with Gasteiger partial charge in [-0.15, -0.1) is 10.2 Å². The predicted molar refractivity (Wildman–Crippen MR) is 121 cm³/mol. The first-order valence-electron chi connectivity index (χ1n) is 9.89. The van der Waals surface area contributed by atoms with Crippen molar-refractivity contribution in [3.63, 3.8) is 0 Å².